The topological polar surface area (TPSA) is 29.5 Å². The number of ether oxygens (including phenoxy) is 1. The summed E-state index contributed by atoms with van der Waals surface area (Å²) in [7, 11) is 0. The molecule has 0 saturated heterocycles. The first-order valence-corrected chi connectivity index (χ1v) is 6.73. The molecule has 2 aromatic carbocycles. The molecule has 0 saturated carbocycles. The zero-order valence-corrected chi connectivity index (χ0v) is 12.2. The Labute approximate surface area is 123 Å². The van der Waals surface area contributed by atoms with Gasteiger partial charge in [0.05, 0.1) is 16.1 Å². The Balaban J connectivity index is 2.10. The number of rotatable bonds is 4. The first kappa shape index (κ1) is 14.3. The molecule has 2 rings (SSSR count). The van der Waals surface area contributed by atoms with Gasteiger partial charge in [0.15, 0.2) is 0 Å². The van der Waals surface area contributed by atoms with Gasteiger partial charge < -0.3 is 9.84 Å². The van der Waals surface area contributed by atoms with Gasteiger partial charge in [0.25, 0.3) is 0 Å². The molecular formula is C14H11BrClFO2. The molecule has 0 radical (unpaired) electrons. The third-order valence-electron chi connectivity index (χ3n) is 2.58. The molecule has 0 amide bonds. The number of hydrogen-bond donors (Lipinski definition) is 1. The maximum Gasteiger partial charge on any atom is 0.134 e. The Kier molecular flexibility index (Phi) is 4.80. The average molecular weight is 346 g/mol. The molecule has 1 N–H and O–H groups in total. The Morgan fingerprint density at radius 2 is 2.00 bits per heavy atom. The van der Waals surface area contributed by atoms with Gasteiger partial charge in [0, 0.05) is 5.56 Å². The Morgan fingerprint density at radius 1 is 1.21 bits per heavy atom. The van der Waals surface area contributed by atoms with Gasteiger partial charge in [-0.2, -0.15) is 0 Å². The van der Waals surface area contributed by atoms with Crippen molar-refractivity contribution in [1.82, 2.24) is 0 Å². The highest BCUT2D eigenvalue weighted by Gasteiger charge is 2.06. The minimum Gasteiger partial charge on any atom is -0.488 e. The Hall–Kier alpha value is -1.10. The van der Waals surface area contributed by atoms with Gasteiger partial charge in [-0.1, -0.05) is 23.7 Å². The van der Waals surface area contributed by atoms with Crippen LogP contribution in [0.1, 0.15) is 11.1 Å². The summed E-state index contributed by atoms with van der Waals surface area (Å²) >= 11 is 9.28. The molecule has 2 aromatic rings. The number of halogens is 3. The standard InChI is InChI=1S/C14H11BrClFO2/c15-12-5-9(7-18)1-4-14(12)19-8-10-2-3-11(17)6-13(10)16/h1-6,18H,7-8H2. The maximum atomic E-state index is 12.9. The molecule has 0 heterocycles. The lowest BCUT2D eigenvalue weighted by molar-refractivity contribution is 0.280. The van der Waals surface area contributed by atoms with E-state index in [-0.39, 0.29) is 19.0 Å². The molecule has 0 atom stereocenters. The molecule has 0 aliphatic carbocycles. The van der Waals surface area contributed by atoms with E-state index in [9.17, 15) is 4.39 Å². The summed E-state index contributed by atoms with van der Waals surface area (Å²) in [6.07, 6.45) is 0. The van der Waals surface area contributed by atoms with Crippen LogP contribution in [-0.4, -0.2) is 5.11 Å². The number of hydrogen-bond acceptors (Lipinski definition) is 2. The molecule has 2 nitrogen and oxygen atoms in total. The van der Waals surface area contributed by atoms with Gasteiger partial charge in [0.2, 0.25) is 0 Å². The van der Waals surface area contributed by atoms with E-state index in [1.807, 2.05) is 0 Å². The van der Waals surface area contributed by atoms with Crippen LogP contribution in [0.25, 0.3) is 0 Å². The normalized spacial score (nSPS) is 10.5. The molecule has 0 aliphatic rings. The van der Waals surface area contributed by atoms with Crippen LogP contribution in [-0.2, 0) is 13.2 Å². The van der Waals surface area contributed by atoms with E-state index in [0.717, 1.165) is 10.0 Å². The van der Waals surface area contributed by atoms with Crippen molar-refractivity contribution in [1.29, 1.82) is 0 Å². The van der Waals surface area contributed by atoms with Gasteiger partial charge in [0.1, 0.15) is 18.2 Å². The number of aliphatic hydroxyl groups is 1. The zero-order valence-electron chi connectivity index (χ0n) is 9.87. The van der Waals surface area contributed by atoms with Gasteiger partial charge in [-0.15, -0.1) is 0 Å². The van der Waals surface area contributed by atoms with Crippen LogP contribution in [0.3, 0.4) is 0 Å². The highest BCUT2D eigenvalue weighted by molar-refractivity contribution is 9.10. The molecule has 0 unspecified atom stereocenters. The molecule has 5 heteroatoms. The fraction of sp³-hybridized carbons (Fsp3) is 0.143. The van der Waals surface area contributed by atoms with Crippen LogP contribution in [0.2, 0.25) is 5.02 Å². The van der Waals surface area contributed by atoms with Gasteiger partial charge in [-0.05, 0) is 45.8 Å². The third-order valence-corrected chi connectivity index (χ3v) is 3.55. The van der Waals surface area contributed by atoms with E-state index in [1.165, 1.54) is 12.1 Å². The van der Waals surface area contributed by atoms with Crippen LogP contribution in [0.5, 0.6) is 5.75 Å². The van der Waals surface area contributed by atoms with Crippen molar-refractivity contribution in [2.24, 2.45) is 0 Å². The van der Waals surface area contributed by atoms with Crippen molar-refractivity contribution in [3.05, 3.63) is 62.8 Å². The van der Waals surface area contributed by atoms with E-state index in [2.05, 4.69) is 15.9 Å². The molecule has 100 valence electrons. The summed E-state index contributed by atoms with van der Waals surface area (Å²) in [4.78, 5) is 0. The lowest BCUT2D eigenvalue weighted by Gasteiger charge is -2.10. The van der Waals surface area contributed by atoms with E-state index < -0.39 is 0 Å². The maximum absolute atomic E-state index is 12.9. The van der Waals surface area contributed by atoms with Crippen molar-refractivity contribution in [3.8, 4) is 5.75 Å². The third kappa shape index (κ3) is 3.69. The second-order valence-corrected chi connectivity index (χ2v) is 5.21. The van der Waals surface area contributed by atoms with E-state index in [4.69, 9.17) is 21.4 Å². The second-order valence-electron chi connectivity index (χ2n) is 3.95. The number of aliphatic hydroxyl groups excluding tert-OH is 1. The quantitative estimate of drug-likeness (QED) is 0.894. The largest absolute Gasteiger partial charge is 0.488 e. The van der Waals surface area contributed by atoms with Crippen molar-refractivity contribution in [2.45, 2.75) is 13.2 Å². The minimum absolute atomic E-state index is 0.0251. The highest BCUT2D eigenvalue weighted by Crippen LogP contribution is 2.28. The fourth-order valence-electron chi connectivity index (χ4n) is 1.55. The molecule has 19 heavy (non-hydrogen) atoms. The van der Waals surface area contributed by atoms with Crippen molar-refractivity contribution in [2.75, 3.05) is 0 Å². The van der Waals surface area contributed by atoms with Gasteiger partial charge in [-0.25, -0.2) is 4.39 Å². The lowest BCUT2D eigenvalue weighted by atomic mass is 10.2. The molecule has 0 aromatic heterocycles. The predicted octanol–water partition coefficient (Wildman–Crippen LogP) is 4.31. The first-order valence-electron chi connectivity index (χ1n) is 5.56. The lowest BCUT2D eigenvalue weighted by Crippen LogP contribution is -1.98. The summed E-state index contributed by atoms with van der Waals surface area (Å²) < 4.78 is 19.3. The molecule has 0 fully saturated rings. The Morgan fingerprint density at radius 3 is 2.63 bits per heavy atom. The predicted molar refractivity (Wildman–Crippen MR) is 75.8 cm³/mol. The van der Waals surface area contributed by atoms with Crippen LogP contribution >= 0.6 is 27.5 Å². The molecular weight excluding hydrogens is 335 g/mol. The monoisotopic (exact) mass is 344 g/mol. The van der Waals surface area contributed by atoms with Gasteiger partial charge >= 0.3 is 0 Å². The number of benzene rings is 2. The summed E-state index contributed by atoms with van der Waals surface area (Å²) in [5.74, 6) is 0.264. The summed E-state index contributed by atoms with van der Waals surface area (Å²) in [6, 6.07) is 9.49. The minimum atomic E-state index is -0.373. The SMILES string of the molecule is OCc1ccc(OCc2ccc(F)cc2Cl)c(Br)c1. The van der Waals surface area contributed by atoms with Gasteiger partial charge in [-0.3, -0.25) is 0 Å². The highest BCUT2D eigenvalue weighted by atomic mass is 79.9. The Bertz CT molecular complexity index is 590. The average Bonchev–Trinajstić information content (AvgIpc) is 2.39. The first-order chi connectivity index (χ1) is 9.10. The summed E-state index contributed by atoms with van der Waals surface area (Å²) in [5.41, 5.74) is 1.50. The molecule has 0 bridgehead atoms. The van der Waals surface area contributed by atoms with E-state index in [1.54, 1.807) is 24.3 Å². The van der Waals surface area contributed by atoms with Crippen LogP contribution in [0, 0.1) is 5.82 Å². The summed E-state index contributed by atoms with van der Waals surface area (Å²) in [6.45, 7) is 0.221. The van der Waals surface area contributed by atoms with Crippen LogP contribution in [0.4, 0.5) is 4.39 Å². The van der Waals surface area contributed by atoms with E-state index >= 15 is 0 Å². The van der Waals surface area contributed by atoms with Crippen LogP contribution < -0.4 is 4.74 Å². The van der Waals surface area contributed by atoms with Crippen molar-refractivity contribution < 1.29 is 14.2 Å². The summed E-state index contributed by atoms with van der Waals surface area (Å²) in [5, 5.41) is 9.34. The zero-order chi connectivity index (χ0) is 13.8. The smallest absolute Gasteiger partial charge is 0.134 e. The molecule has 0 spiro atoms. The second kappa shape index (κ2) is 6.37. The van der Waals surface area contributed by atoms with Crippen LogP contribution in [0.15, 0.2) is 40.9 Å². The van der Waals surface area contributed by atoms with Crippen molar-refractivity contribution >= 4 is 27.5 Å². The molecule has 0 aliphatic heterocycles. The fourth-order valence-corrected chi connectivity index (χ4v) is 2.32. The van der Waals surface area contributed by atoms with Crippen molar-refractivity contribution in [3.63, 3.8) is 0 Å². The van der Waals surface area contributed by atoms with E-state index in [0.29, 0.717) is 16.3 Å².